The molecule has 1 aromatic carbocycles. The van der Waals surface area contributed by atoms with Gasteiger partial charge in [-0.3, -0.25) is 14.7 Å². The number of ketones is 1. The standard InChI is InChI=1S/C31H32ClFN6O4/c1-17(40)21-15-34-25-9-8-24(18-12-22(32)29(41)23(33)13-18)37-28(25)27(21)36-19-7-10-26(35-14-19)38-11-5-6-20(16-38)39(30(42)43)31(2,3)4/h7-10,12-15,20,41H,5-6,11,16H2,1-4H3,(H,34,36)(H,42,43). The van der Waals surface area contributed by atoms with Crippen LogP contribution in [0.15, 0.2) is 48.8 Å². The quantitative estimate of drug-likeness (QED) is 0.201. The summed E-state index contributed by atoms with van der Waals surface area (Å²) in [5, 5.41) is 22.7. The SMILES string of the molecule is CC(=O)c1cnc2ccc(-c3cc(F)c(O)c(Cl)c3)nc2c1Nc1ccc(N2CCCC(N(C(=O)O)C(C)(C)C)C2)nc1. The molecule has 1 aliphatic rings. The van der Waals surface area contributed by atoms with Crippen LogP contribution in [-0.4, -0.2) is 66.6 Å². The van der Waals surface area contributed by atoms with Crippen molar-refractivity contribution >= 4 is 51.7 Å². The lowest BCUT2D eigenvalue weighted by Gasteiger charge is -2.44. The molecule has 12 heteroatoms. The second-order valence-electron chi connectivity index (χ2n) is 11.6. The summed E-state index contributed by atoms with van der Waals surface area (Å²) in [6.07, 6.45) is 3.80. The zero-order valence-corrected chi connectivity index (χ0v) is 25.0. The Bertz CT molecular complexity index is 1690. The van der Waals surface area contributed by atoms with Crippen LogP contribution in [0.3, 0.4) is 0 Å². The fraction of sp³-hybridized carbons (Fsp3) is 0.323. The molecule has 43 heavy (non-hydrogen) atoms. The molecule has 0 aliphatic carbocycles. The highest BCUT2D eigenvalue weighted by atomic mass is 35.5. The number of nitrogens with one attached hydrogen (secondary N) is 1. The van der Waals surface area contributed by atoms with Gasteiger partial charge < -0.3 is 20.4 Å². The third-order valence-electron chi connectivity index (χ3n) is 7.44. The molecular formula is C31H32ClFN6O4. The van der Waals surface area contributed by atoms with E-state index >= 15 is 0 Å². The summed E-state index contributed by atoms with van der Waals surface area (Å²) in [6.45, 7) is 8.40. The number of pyridine rings is 3. The number of carbonyl (C=O) groups is 2. The minimum absolute atomic E-state index is 0.147. The second kappa shape index (κ2) is 11.6. The van der Waals surface area contributed by atoms with E-state index in [1.54, 1.807) is 18.3 Å². The molecule has 1 atom stereocenters. The Labute approximate surface area is 253 Å². The zero-order chi connectivity index (χ0) is 31.1. The Kier molecular flexibility index (Phi) is 8.11. The maximum atomic E-state index is 14.2. The molecule has 3 aromatic heterocycles. The van der Waals surface area contributed by atoms with Gasteiger partial charge in [0.25, 0.3) is 0 Å². The van der Waals surface area contributed by atoms with Gasteiger partial charge in [0.15, 0.2) is 17.3 Å². The number of carboxylic acid groups (broad SMARTS) is 1. The van der Waals surface area contributed by atoms with Crippen LogP contribution < -0.4 is 10.2 Å². The highest BCUT2D eigenvalue weighted by molar-refractivity contribution is 6.32. The Hall–Kier alpha value is -4.51. The number of nitrogens with zero attached hydrogens (tertiary/aromatic N) is 5. The maximum absolute atomic E-state index is 14.2. The molecule has 0 bridgehead atoms. The maximum Gasteiger partial charge on any atom is 0.408 e. The number of piperidine rings is 1. The van der Waals surface area contributed by atoms with Crippen molar-refractivity contribution in [1.29, 1.82) is 0 Å². The first-order valence-electron chi connectivity index (χ1n) is 13.8. The van der Waals surface area contributed by atoms with Gasteiger partial charge in [-0.1, -0.05) is 11.6 Å². The molecule has 0 saturated carbocycles. The first kappa shape index (κ1) is 30.0. The number of aromatic nitrogens is 3. The van der Waals surface area contributed by atoms with Crippen LogP contribution in [0.2, 0.25) is 5.02 Å². The Morgan fingerprint density at radius 1 is 1.14 bits per heavy atom. The van der Waals surface area contributed by atoms with E-state index in [0.717, 1.165) is 25.5 Å². The fourth-order valence-electron chi connectivity index (χ4n) is 5.49. The van der Waals surface area contributed by atoms with Gasteiger partial charge in [0.05, 0.1) is 45.4 Å². The molecule has 3 N–H and O–H groups in total. The molecule has 0 radical (unpaired) electrons. The number of halogens is 2. The minimum Gasteiger partial charge on any atom is -0.504 e. The third-order valence-corrected chi connectivity index (χ3v) is 7.72. The average molecular weight is 607 g/mol. The first-order valence-corrected chi connectivity index (χ1v) is 14.2. The number of Topliss-reactive ketones (excluding diaryl/α,β-unsaturated/α-hetero) is 1. The number of hydrogen-bond donors (Lipinski definition) is 3. The van der Waals surface area contributed by atoms with Crippen molar-refractivity contribution in [1.82, 2.24) is 19.9 Å². The molecule has 0 spiro atoms. The van der Waals surface area contributed by atoms with Gasteiger partial charge in [-0.25, -0.2) is 19.2 Å². The molecule has 1 saturated heterocycles. The molecule has 4 heterocycles. The van der Waals surface area contributed by atoms with Crippen LogP contribution in [0.4, 0.5) is 26.4 Å². The monoisotopic (exact) mass is 606 g/mol. The summed E-state index contributed by atoms with van der Waals surface area (Å²) in [5.74, 6) is -1.03. The Balaban J connectivity index is 1.45. The number of phenols is 1. The summed E-state index contributed by atoms with van der Waals surface area (Å²) in [4.78, 5) is 41.9. The summed E-state index contributed by atoms with van der Waals surface area (Å²) in [7, 11) is 0. The summed E-state index contributed by atoms with van der Waals surface area (Å²) >= 11 is 5.99. The van der Waals surface area contributed by atoms with E-state index in [1.807, 2.05) is 32.9 Å². The number of fused-ring (bicyclic) bond motifs is 1. The van der Waals surface area contributed by atoms with Crippen LogP contribution in [0.25, 0.3) is 22.3 Å². The van der Waals surface area contributed by atoms with Gasteiger partial charge in [-0.05, 0) is 76.9 Å². The number of amides is 1. The number of benzene rings is 1. The number of aromatic hydroxyl groups is 1. The molecular weight excluding hydrogens is 575 g/mol. The molecule has 10 nitrogen and oxygen atoms in total. The Morgan fingerprint density at radius 2 is 1.91 bits per heavy atom. The van der Waals surface area contributed by atoms with Gasteiger partial charge >= 0.3 is 6.09 Å². The van der Waals surface area contributed by atoms with E-state index in [4.69, 9.17) is 11.6 Å². The molecule has 5 rings (SSSR count). The van der Waals surface area contributed by atoms with Crippen molar-refractivity contribution in [2.24, 2.45) is 0 Å². The average Bonchev–Trinajstić information content (AvgIpc) is 2.95. The number of carbonyl (C=O) groups excluding carboxylic acids is 1. The lowest BCUT2D eigenvalue weighted by molar-refractivity contribution is 0.0647. The lowest BCUT2D eigenvalue weighted by Crippen LogP contribution is -2.57. The fourth-order valence-corrected chi connectivity index (χ4v) is 5.70. The zero-order valence-electron chi connectivity index (χ0n) is 24.2. The number of rotatable bonds is 6. The first-order chi connectivity index (χ1) is 20.3. The normalized spacial score (nSPS) is 15.4. The highest BCUT2D eigenvalue weighted by Crippen LogP contribution is 2.35. The Morgan fingerprint density at radius 3 is 2.53 bits per heavy atom. The highest BCUT2D eigenvalue weighted by Gasteiger charge is 2.36. The van der Waals surface area contributed by atoms with E-state index in [9.17, 15) is 24.2 Å². The second-order valence-corrected chi connectivity index (χ2v) is 12.0. The molecule has 1 unspecified atom stereocenters. The van der Waals surface area contributed by atoms with Gasteiger partial charge in [0.1, 0.15) is 11.3 Å². The number of phenolic OH excluding ortho intramolecular Hbond substituents is 1. The molecule has 1 aliphatic heterocycles. The largest absolute Gasteiger partial charge is 0.504 e. The van der Waals surface area contributed by atoms with Gasteiger partial charge in [-0.2, -0.15) is 0 Å². The van der Waals surface area contributed by atoms with Crippen LogP contribution in [-0.2, 0) is 0 Å². The van der Waals surface area contributed by atoms with E-state index in [0.29, 0.717) is 51.6 Å². The van der Waals surface area contributed by atoms with Crippen molar-refractivity contribution in [3.05, 3.63) is 65.2 Å². The van der Waals surface area contributed by atoms with Crippen molar-refractivity contribution < 1.29 is 24.2 Å². The predicted molar refractivity (Wildman–Crippen MR) is 164 cm³/mol. The van der Waals surface area contributed by atoms with Gasteiger partial charge in [0.2, 0.25) is 0 Å². The van der Waals surface area contributed by atoms with Crippen molar-refractivity contribution in [3.63, 3.8) is 0 Å². The van der Waals surface area contributed by atoms with Crippen LogP contribution in [0, 0.1) is 5.82 Å². The topological polar surface area (TPSA) is 132 Å². The predicted octanol–water partition coefficient (Wildman–Crippen LogP) is 6.88. The van der Waals surface area contributed by atoms with Crippen molar-refractivity contribution in [2.45, 2.75) is 52.1 Å². The van der Waals surface area contributed by atoms with E-state index in [1.165, 1.54) is 24.1 Å². The third kappa shape index (κ3) is 6.17. The van der Waals surface area contributed by atoms with Crippen LogP contribution in [0.1, 0.15) is 50.9 Å². The van der Waals surface area contributed by atoms with Gasteiger partial charge in [0, 0.05) is 30.4 Å². The van der Waals surface area contributed by atoms with Crippen molar-refractivity contribution in [2.75, 3.05) is 23.3 Å². The van der Waals surface area contributed by atoms with Crippen LogP contribution in [0.5, 0.6) is 5.75 Å². The summed E-state index contributed by atoms with van der Waals surface area (Å²) in [5.41, 5.74) is 2.41. The molecule has 224 valence electrons. The number of anilines is 3. The van der Waals surface area contributed by atoms with Crippen LogP contribution >= 0.6 is 11.6 Å². The van der Waals surface area contributed by atoms with Crippen molar-refractivity contribution in [3.8, 4) is 17.0 Å². The van der Waals surface area contributed by atoms with E-state index in [2.05, 4.69) is 25.2 Å². The molecule has 1 amide bonds. The van der Waals surface area contributed by atoms with E-state index in [-0.39, 0.29) is 16.8 Å². The summed E-state index contributed by atoms with van der Waals surface area (Å²) in [6, 6.07) is 9.43. The smallest absolute Gasteiger partial charge is 0.408 e. The lowest BCUT2D eigenvalue weighted by atomic mass is 9.97. The minimum atomic E-state index is -0.937. The van der Waals surface area contributed by atoms with E-state index < -0.39 is 23.2 Å². The molecule has 1 fully saturated rings. The summed E-state index contributed by atoms with van der Waals surface area (Å²) < 4.78 is 14.2. The van der Waals surface area contributed by atoms with Gasteiger partial charge in [-0.15, -0.1) is 0 Å². The molecule has 4 aromatic rings. The number of hydrogen-bond acceptors (Lipinski definition) is 8.